The Morgan fingerprint density at radius 2 is 1.77 bits per heavy atom. The fraction of sp³-hybridized carbons (Fsp3) is 0.455. The van der Waals surface area contributed by atoms with Crippen LogP contribution in [-0.2, 0) is 0 Å². The molecule has 1 atom stereocenters. The topological polar surface area (TPSA) is 20.2 Å². The Bertz CT molecular complexity index is 253. The first kappa shape index (κ1) is 11.0. The zero-order chi connectivity index (χ0) is 9.84. The Labute approximate surface area is 93.3 Å². The van der Waals surface area contributed by atoms with Gasteiger partial charge < -0.3 is 5.11 Å². The summed E-state index contributed by atoms with van der Waals surface area (Å²) in [7, 11) is 0. The number of halogens is 1. The Balaban J connectivity index is 2.66. The predicted octanol–water partition coefficient (Wildman–Crippen LogP) is 3.37. The van der Waals surface area contributed by atoms with E-state index in [4.69, 9.17) is 0 Å². The summed E-state index contributed by atoms with van der Waals surface area (Å²) in [6.45, 7) is 4.24. The summed E-state index contributed by atoms with van der Waals surface area (Å²) in [6.07, 6.45) is 0.526. The molecular weight excluding hydrogens is 275 g/mol. The fourth-order valence-electron chi connectivity index (χ4n) is 1.27. The highest BCUT2D eigenvalue weighted by atomic mass is 127. The highest BCUT2D eigenvalue weighted by molar-refractivity contribution is 14.1. The van der Waals surface area contributed by atoms with Crippen LogP contribution in [0.1, 0.15) is 31.9 Å². The quantitative estimate of drug-likeness (QED) is 0.846. The van der Waals surface area contributed by atoms with E-state index in [1.807, 2.05) is 24.3 Å². The smallest absolute Gasteiger partial charge is 0.0792 e. The zero-order valence-corrected chi connectivity index (χ0v) is 10.2. The molecule has 0 fully saturated rings. The lowest BCUT2D eigenvalue weighted by molar-refractivity contribution is 0.151. The maximum Gasteiger partial charge on any atom is 0.0792 e. The molecule has 1 aromatic rings. The number of hydrogen-bond donors (Lipinski definition) is 1. The van der Waals surface area contributed by atoms with Crippen molar-refractivity contribution < 1.29 is 5.11 Å². The van der Waals surface area contributed by atoms with Crippen LogP contribution in [0, 0.1) is 9.49 Å². The Morgan fingerprint density at radius 3 is 2.23 bits per heavy atom. The van der Waals surface area contributed by atoms with Crippen LogP contribution in [-0.4, -0.2) is 5.11 Å². The van der Waals surface area contributed by atoms with E-state index in [-0.39, 0.29) is 6.10 Å². The standard InChI is InChI=1S/C11H15IO/c1-8(2)7-11(13)9-3-5-10(12)6-4-9/h3-6,8,11,13H,7H2,1-2H3. The van der Waals surface area contributed by atoms with E-state index in [0.717, 1.165) is 12.0 Å². The molecule has 72 valence electrons. The van der Waals surface area contributed by atoms with Gasteiger partial charge in [0.1, 0.15) is 0 Å². The lowest BCUT2D eigenvalue weighted by atomic mass is 10.00. The molecule has 0 saturated heterocycles. The van der Waals surface area contributed by atoms with Gasteiger partial charge in [0.2, 0.25) is 0 Å². The second-order valence-electron chi connectivity index (χ2n) is 3.70. The largest absolute Gasteiger partial charge is 0.388 e. The van der Waals surface area contributed by atoms with Crippen molar-refractivity contribution >= 4 is 22.6 Å². The fourth-order valence-corrected chi connectivity index (χ4v) is 1.63. The van der Waals surface area contributed by atoms with Crippen LogP contribution in [0.5, 0.6) is 0 Å². The van der Waals surface area contributed by atoms with Crippen molar-refractivity contribution in [3.8, 4) is 0 Å². The molecule has 1 aromatic carbocycles. The van der Waals surface area contributed by atoms with E-state index in [1.54, 1.807) is 0 Å². The number of aliphatic hydroxyl groups excluding tert-OH is 1. The van der Waals surface area contributed by atoms with Gasteiger partial charge in [0.15, 0.2) is 0 Å². The average Bonchev–Trinajstić information content (AvgIpc) is 2.04. The lowest BCUT2D eigenvalue weighted by Gasteiger charge is -2.13. The van der Waals surface area contributed by atoms with Crippen LogP contribution in [0.15, 0.2) is 24.3 Å². The molecule has 0 amide bonds. The molecule has 0 aliphatic carbocycles. The molecule has 0 spiro atoms. The second-order valence-corrected chi connectivity index (χ2v) is 4.94. The Kier molecular flexibility index (Phi) is 4.19. The first-order valence-electron chi connectivity index (χ1n) is 4.53. The third-order valence-electron chi connectivity index (χ3n) is 1.95. The number of hydrogen-bond acceptors (Lipinski definition) is 1. The van der Waals surface area contributed by atoms with Crippen LogP contribution < -0.4 is 0 Å². The van der Waals surface area contributed by atoms with E-state index in [9.17, 15) is 5.11 Å². The van der Waals surface area contributed by atoms with Crippen LogP contribution >= 0.6 is 22.6 Å². The molecule has 1 nitrogen and oxygen atoms in total. The predicted molar refractivity (Wildman–Crippen MR) is 63.6 cm³/mol. The maximum absolute atomic E-state index is 9.78. The molecule has 0 saturated carbocycles. The van der Waals surface area contributed by atoms with Crippen LogP contribution in [0.2, 0.25) is 0 Å². The number of aliphatic hydroxyl groups is 1. The lowest BCUT2D eigenvalue weighted by Crippen LogP contribution is -2.01. The van der Waals surface area contributed by atoms with Gasteiger partial charge in [-0.15, -0.1) is 0 Å². The van der Waals surface area contributed by atoms with Crippen molar-refractivity contribution in [1.29, 1.82) is 0 Å². The number of rotatable bonds is 3. The molecule has 1 rings (SSSR count). The summed E-state index contributed by atoms with van der Waals surface area (Å²) >= 11 is 2.26. The van der Waals surface area contributed by atoms with Crippen molar-refractivity contribution in [3.63, 3.8) is 0 Å². The van der Waals surface area contributed by atoms with E-state index >= 15 is 0 Å². The van der Waals surface area contributed by atoms with Gasteiger partial charge in [-0.3, -0.25) is 0 Å². The Morgan fingerprint density at radius 1 is 1.23 bits per heavy atom. The van der Waals surface area contributed by atoms with Gasteiger partial charge in [-0.1, -0.05) is 26.0 Å². The van der Waals surface area contributed by atoms with E-state index in [2.05, 4.69) is 36.4 Å². The third-order valence-corrected chi connectivity index (χ3v) is 2.67. The highest BCUT2D eigenvalue weighted by Crippen LogP contribution is 2.21. The molecular formula is C11H15IO. The van der Waals surface area contributed by atoms with Gasteiger partial charge in [0.25, 0.3) is 0 Å². The van der Waals surface area contributed by atoms with E-state index in [0.29, 0.717) is 5.92 Å². The maximum atomic E-state index is 9.78. The van der Waals surface area contributed by atoms with Gasteiger partial charge >= 0.3 is 0 Å². The van der Waals surface area contributed by atoms with Gasteiger partial charge in [-0.05, 0) is 52.6 Å². The summed E-state index contributed by atoms with van der Waals surface area (Å²) in [5.74, 6) is 0.536. The molecule has 0 aromatic heterocycles. The van der Waals surface area contributed by atoms with Crippen molar-refractivity contribution in [3.05, 3.63) is 33.4 Å². The molecule has 0 aliphatic rings. The summed E-state index contributed by atoms with van der Waals surface area (Å²) in [4.78, 5) is 0. The minimum atomic E-state index is -0.308. The van der Waals surface area contributed by atoms with Gasteiger partial charge in [0, 0.05) is 3.57 Å². The minimum Gasteiger partial charge on any atom is -0.388 e. The molecule has 1 unspecified atom stereocenters. The molecule has 0 heterocycles. The minimum absolute atomic E-state index is 0.308. The third kappa shape index (κ3) is 3.65. The van der Waals surface area contributed by atoms with E-state index in [1.165, 1.54) is 3.57 Å². The molecule has 0 bridgehead atoms. The monoisotopic (exact) mass is 290 g/mol. The Hall–Kier alpha value is -0.0900. The molecule has 13 heavy (non-hydrogen) atoms. The summed E-state index contributed by atoms with van der Waals surface area (Å²) in [5.41, 5.74) is 1.02. The number of benzene rings is 1. The van der Waals surface area contributed by atoms with Crippen LogP contribution in [0.3, 0.4) is 0 Å². The SMILES string of the molecule is CC(C)CC(O)c1ccc(I)cc1. The summed E-state index contributed by atoms with van der Waals surface area (Å²) in [6, 6.07) is 8.04. The van der Waals surface area contributed by atoms with Gasteiger partial charge in [-0.2, -0.15) is 0 Å². The van der Waals surface area contributed by atoms with Crippen molar-refractivity contribution in [1.82, 2.24) is 0 Å². The zero-order valence-electron chi connectivity index (χ0n) is 8.00. The highest BCUT2D eigenvalue weighted by Gasteiger charge is 2.08. The second kappa shape index (κ2) is 4.96. The molecule has 2 heteroatoms. The van der Waals surface area contributed by atoms with Crippen molar-refractivity contribution in [2.24, 2.45) is 5.92 Å². The van der Waals surface area contributed by atoms with Gasteiger partial charge in [0.05, 0.1) is 6.10 Å². The first-order valence-corrected chi connectivity index (χ1v) is 5.61. The summed E-state index contributed by atoms with van der Waals surface area (Å²) in [5, 5.41) is 9.78. The molecule has 0 radical (unpaired) electrons. The molecule has 1 N–H and O–H groups in total. The van der Waals surface area contributed by atoms with Crippen LogP contribution in [0.4, 0.5) is 0 Å². The van der Waals surface area contributed by atoms with Crippen LogP contribution in [0.25, 0.3) is 0 Å². The normalized spacial score (nSPS) is 13.3. The van der Waals surface area contributed by atoms with Gasteiger partial charge in [-0.25, -0.2) is 0 Å². The first-order chi connectivity index (χ1) is 6.09. The van der Waals surface area contributed by atoms with Crippen molar-refractivity contribution in [2.45, 2.75) is 26.4 Å². The summed E-state index contributed by atoms with van der Waals surface area (Å²) < 4.78 is 1.21. The van der Waals surface area contributed by atoms with Crippen molar-refractivity contribution in [2.75, 3.05) is 0 Å². The molecule has 0 aliphatic heterocycles. The van der Waals surface area contributed by atoms with E-state index < -0.39 is 0 Å². The average molecular weight is 290 g/mol.